The molecule has 0 unspecified atom stereocenters. The summed E-state index contributed by atoms with van der Waals surface area (Å²) in [5.41, 5.74) is -0.373. The zero-order valence-electron chi connectivity index (χ0n) is 7.82. The lowest BCUT2D eigenvalue weighted by Crippen LogP contribution is -2.67. The van der Waals surface area contributed by atoms with Crippen molar-refractivity contribution in [3.8, 4) is 0 Å². The molecule has 0 aromatic carbocycles. The van der Waals surface area contributed by atoms with Crippen molar-refractivity contribution >= 4 is 5.97 Å². The molecule has 2 atom stereocenters. The number of hydrogen-bond acceptors (Lipinski definition) is 4. The number of nitrogens with zero attached hydrogens (tertiary/aromatic N) is 1. The fourth-order valence-electron chi connectivity index (χ4n) is 2.69. The Bertz CT molecular complexity index is 231. The third kappa shape index (κ3) is 1.02. The molecule has 0 bridgehead atoms. The third-order valence-electron chi connectivity index (χ3n) is 3.33. The van der Waals surface area contributed by atoms with Crippen LogP contribution in [-0.2, 0) is 9.53 Å². The highest BCUT2D eigenvalue weighted by Gasteiger charge is 2.59. The minimum atomic E-state index is -0.373. The summed E-state index contributed by atoms with van der Waals surface area (Å²) in [4.78, 5) is 13.6. The lowest BCUT2D eigenvalue weighted by atomic mass is 9.79. The van der Waals surface area contributed by atoms with Crippen LogP contribution in [0.4, 0.5) is 0 Å². The Morgan fingerprint density at radius 2 is 2.54 bits per heavy atom. The molecule has 4 heteroatoms. The van der Waals surface area contributed by atoms with Crippen LogP contribution < -0.4 is 0 Å². The molecule has 2 aliphatic rings. The summed E-state index contributed by atoms with van der Waals surface area (Å²) in [6.07, 6.45) is 2.68. The van der Waals surface area contributed by atoms with E-state index in [9.17, 15) is 4.79 Å². The van der Waals surface area contributed by atoms with Crippen LogP contribution in [0.1, 0.15) is 19.3 Å². The van der Waals surface area contributed by atoms with Gasteiger partial charge in [0, 0.05) is 6.04 Å². The van der Waals surface area contributed by atoms with Gasteiger partial charge in [0.2, 0.25) is 0 Å². The molecule has 0 aromatic rings. The van der Waals surface area contributed by atoms with E-state index in [2.05, 4.69) is 4.90 Å². The molecule has 2 fully saturated rings. The molecule has 13 heavy (non-hydrogen) atoms. The van der Waals surface area contributed by atoms with Gasteiger partial charge < -0.3 is 9.84 Å². The van der Waals surface area contributed by atoms with Gasteiger partial charge in [-0.25, -0.2) is 0 Å². The summed E-state index contributed by atoms with van der Waals surface area (Å²) in [5, 5.41) is 9.01. The van der Waals surface area contributed by atoms with Gasteiger partial charge >= 0.3 is 5.97 Å². The first kappa shape index (κ1) is 8.97. The number of carbonyl (C=O) groups is 1. The molecule has 2 heterocycles. The molecule has 1 N–H and O–H groups in total. The minimum absolute atomic E-state index is 0.130. The average Bonchev–Trinajstić information content (AvgIpc) is 2.45. The number of aliphatic hydroxyl groups excluding tert-OH is 1. The molecular formula is C9H15NO3. The SMILES string of the molecule is COC(=O)[C@@]12CCCN1[C@@H](CO)C2. The molecule has 0 radical (unpaired) electrons. The quantitative estimate of drug-likeness (QED) is 0.603. The summed E-state index contributed by atoms with van der Waals surface area (Å²) in [5.74, 6) is -0.130. The second-order valence-electron chi connectivity index (χ2n) is 3.86. The second kappa shape index (κ2) is 2.96. The maximum Gasteiger partial charge on any atom is 0.326 e. The van der Waals surface area contributed by atoms with Crippen molar-refractivity contribution in [2.75, 3.05) is 20.3 Å². The number of aliphatic hydroxyl groups is 1. The standard InChI is InChI=1S/C9H15NO3/c1-13-8(12)9-3-2-4-10(9)7(5-9)6-11/h7,11H,2-6H2,1H3/t7-,9+/m1/s1. The van der Waals surface area contributed by atoms with E-state index in [4.69, 9.17) is 9.84 Å². The number of methoxy groups -OCH3 is 1. The highest BCUT2D eigenvalue weighted by atomic mass is 16.5. The molecule has 0 saturated carbocycles. The molecule has 74 valence electrons. The molecule has 2 aliphatic heterocycles. The first-order chi connectivity index (χ1) is 6.24. The fraction of sp³-hybridized carbons (Fsp3) is 0.889. The average molecular weight is 185 g/mol. The first-order valence-corrected chi connectivity index (χ1v) is 4.70. The van der Waals surface area contributed by atoms with E-state index >= 15 is 0 Å². The highest BCUT2D eigenvalue weighted by molar-refractivity contribution is 5.82. The van der Waals surface area contributed by atoms with Gasteiger partial charge in [-0.2, -0.15) is 0 Å². The Morgan fingerprint density at radius 1 is 1.77 bits per heavy atom. The van der Waals surface area contributed by atoms with Gasteiger partial charge in [-0.3, -0.25) is 9.69 Å². The number of fused-ring (bicyclic) bond motifs is 1. The lowest BCUT2D eigenvalue weighted by molar-refractivity contribution is -0.169. The predicted molar refractivity (Wildman–Crippen MR) is 46.2 cm³/mol. The maximum absolute atomic E-state index is 11.5. The van der Waals surface area contributed by atoms with Crippen LogP contribution in [0.3, 0.4) is 0 Å². The summed E-state index contributed by atoms with van der Waals surface area (Å²) in [6, 6.07) is 0.182. The monoisotopic (exact) mass is 185 g/mol. The Balaban J connectivity index is 2.12. The Labute approximate surface area is 77.5 Å². The summed E-state index contributed by atoms with van der Waals surface area (Å²) in [7, 11) is 1.43. The second-order valence-corrected chi connectivity index (χ2v) is 3.86. The molecule has 2 saturated heterocycles. The molecule has 0 aliphatic carbocycles. The van der Waals surface area contributed by atoms with Crippen LogP contribution in [0, 0.1) is 0 Å². The van der Waals surface area contributed by atoms with Crippen molar-refractivity contribution in [1.82, 2.24) is 4.90 Å². The summed E-state index contributed by atoms with van der Waals surface area (Å²) < 4.78 is 4.79. The normalized spacial score (nSPS) is 38.2. The number of hydrogen-bond donors (Lipinski definition) is 1. The number of esters is 1. The van der Waals surface area contributed by atoms with Crippen LogP contribution in [0.25, 0.3) is 0 Å². The van der Waals surface area contributed by atoms with E-state index in [0.29, 0.717) is 0 Å². The van der Waals surface area contributed by atoms with E-state index in [1.807, 2.05) is 0 Å². The Hall–Kier alpha value is -0.610. The van der Waals surface area contributed by atoms with Crippen molar-refractivity contribution < 1.29 is 14.6 Å². The van der Waals surface area contributed by atoms with Gasteiger partial charge in [-0.1, -0.05) is 0 Å². The van der Waals surface area contributed by atoms with Gasteiger partial charge in [0.1, 0.15) is 5.54 Å². The van der Waals surface area contributed by atoms with Crippen LogP contribution in [0.15, 0.2) is 0 Å². The van der Waals surface area contributed by atoms with Crippen molar-refractivity contribution in [1.29, 1.82) is 0 Å². The van der Waals surface area contributed by atoms with E-state index in [0.717, 1.165) is 25.8 Å². The van der Waals surface area contributed by atoms with Crippen LogP contribution in [-0.4, -0.2) is 47.8 Å². The van der Waals surface area contributed by atoms with Crippen molar-refractivity contribution in [2.45, 2.75) is 30.8 Å². The van der Waals surface area contributed by atoms with Crippen LogP contribution >= 0.6 is 0 Å². The van der Waals surface area contributed by atoms with E-state index < -0.39 is 0 Å². The van der Waals surface area contributed by atoms with Gasteiger partial charge in [0.05, 0.1) is 13.7 Å². The van der Waals surface area contributed by atoms with Crippen LogP contribution in [0.2, 0.25) is 0 Å². The van der Waals surface area contributed by atoms with Gasteiger partial charge in [0.15, 0.2) is 0 Å². The fourth-order valence-corrected chi connectivity index (χ4v) is 2.69. The molecule has 0 spiro atoms. The van der Waals surface area contributed by atoms with Gasteiger partial charge in [0.25, 0.3) is 0 Å². The zero-order chi connectivity index (χ0) is 9.47. The predicted octanol–water partition coefficient (Wildman–Crippen LogP) is -0.241. The smallest absolute Gasteiger partial charge is 0.326 e. The number of carbonyl (C=O) groups excluding carboxylic acids is 1. The van der Waals surface area contributed by atoms with Gasteiger partial charge in [-0.15, -0.1) is 0 Å². The van der Waals surface area contributed by atoms with E-state index in [1.165, 1.54) is 7.11 Å². The van der Waals surface area contributed by atoms with Crippen molar-refractivity contribution in [2.24, 2.45) is 0 Å². The summed E-state index contributed by atoms with van der Waals surface area (Å²) >= 11 is 0. The number of rotatable bonds is 2. The molecular weight excluding hydrogens is 170 g/mol. The maximum atomic E-state index is 11.5. The van der Waals surface area contributed by atoms with E-state index in [-0.39, 0.29) is 24.2 Å². The molecule has 2 rings (SSSR count). The molecule has 0 aromatic heterocycles. The Kier molecular flexibility index (Phi) is 2.04. The molecule has 4 nitrogen and oxygen atoms in total. The minimum Gasteiger partial charge on any atom is -0.468 e. The zero-order valence-corrected chi connectivity index (χ0v) is 7.82. The summed E-state index contributed by atoms with van der Waals surface area (Å²) in [6.45, 7) is 1.07. The first-order valence-electron chi connectivity index (χ1n) is 4.70. The van der Waals surface area contributed by atoms with Crippen LogP contribution in [0.5, 0.6) is 0 Å². The Morgan fingerprint density at radius 3 is 3.15 bits per heavy atom. The van der Waals surface area contributed by atoms with Gasteiger partial charge in [-0.05, 0) is 25.8 Å². The topological polar surface area (TPSA) is 49.8 Å². The lowest BCUT2D eigenvalue weighted by Gasteiger charge is -2.51. The van der Waals surface area contributed by atoms with Crippen molar-refractivity contribution in [3.63, 3.8) is 0 Å². The van der Waals surface area contributed by atoms with Crippen molar-refractivity contribution in [3.05, 3.63) is 0 Å². The highest BCUT2D eigenvalue weighted by Crippen LogP contribution is 2.45. The molecule has 0 amide bonds. The van der Waals surface area contributed by atoms with E-state index in [1.54, 1.807) is 0 Å². The third-order valence-corrected chi connectivity index (χ3v) is 3.33. The number of ether oxygens (including phenoxy) is 1. The largest absolute Gasteiger partial charge is 0.468 e.